The van der Waals surface area contributed by atoms with Gasteiger partial charge in [0.2, 0.25) is 0 Å². The van der Waals surface area contributed by atoms with Gasteiger partial charge in [0, 0.05) is 11.9 Å². The third kappa shape index (κ3) is 3.72. The summed E-state index contributed by atoms with van der Waals surface area (Å²) in [5, 5.41) is 9.49. The summed E-state index contributed by atoms with van der Waals surface area (Å²) in [6.45, 7) is 1.69. The van der Waals surface area contributed by atoms with E-state index in [2.05, 4.69) is 9.97 Å². The number of alkyl halides is 3. The van der Waals surface area contributed by atoms with Crippen molar-refractivity contribution in [3.8, 4) is 0 Å². The zero-order chi connectivity index (χ0) is 15.6. The number of aromatic carboxylic acids is 1. The van der Waals surface area contributed by atoms with Crippen LogP contribution in [0.3, 0.4) is 0 Å². The Morgan fingerprint density at radius 3 is 2.48 bits per heavy atom. The van der Waals surface area contributed by atoms with Crippen LogP contribution < -0.4 is 0 Å². The maximum absolute atomic E-state index is 12.4. The highest BCUT2D eigenvalue weighted by molar-refractivity contribution is 7.99. The molecule has 0 unspecified atom stereocenters. The van der Waals surface area contributed by atoms with E-state index in [1.165, 1.54) is 12.1 Å². The minimum Gasteiger partial charge on any atom is -0.478 e. The lowest BCUT2D eigenvalue weighted by atomic mass is 10.2. The molecule has 0 saturated heterocycles. The van der Waals surface area contributed by atoms with Crippen LogP contribution in [0, 0.1) is 6.92 Å². The molecule has 0 radical (unpaired) electrons. The number of carboxylic acids is 1. The Morgan fingerprint density at radius 2 is 1.95 bits per heavy atom. The van der Waals surface area contributed by atoms with Crippen LogP contribution in [0.25, 0.3) is 0 Å². The first-order valence-corrected chi connectivity index (χ1v) is 6.51. The van der Waals surface area contributed by atoms with Gasteiger partial charge in [-0.15, -0.1) is 0 Å². The predicted molar refractivity (Wildman–Crippen MR) is 69.3 cm³/mol. The Hall–Kier alpha value is -2.09. The first-order valence-electron chi connectivity index (χ1n) is 5.69. The number of hydrogen-bond donors (Lipinski definition) is 1. The molecule has 2 rings (SSSR count). The largest absolute Gasteiger partial charge is 0.478 e. The van der Waals surface area contributed by atoms with Crippen molar-refractivity contribution >= 4 is 17.7 Å². The first kappa shape index (κ1) is 15.3. The van der Waals surface area contributed by atoms with E-state index in [4.69, 9.17) is 5.11 Å². The summed E-state index contributed by atoms with van der Waals surface area (Å²) in [6.07, 6.45) is -3.75. The van der Waals surface area contributed by atoms with Crippen LogP contribution in [0.2, 0.25) is 0 Å². The molecule has 0 atom stereocenters. The predicted octanol–water partition coefficient (Wildman–Crippen LogP) is 3.65. The van der Waals surface area contributed by atoms with Crippen LogP contribution in [0.15, 0.2) is 40.5 Å². The van der Waals surface area contributed by atoms with E-state index >= 15 is 0 Å². The molecule has 0 aliphatic rings. The van der Waals surface area contributed by atoms with Gasteiger partial charge in [-0.2, -0.15) is 13.2 Å². The van der Waals surface area contributed by atoms with Gasteiger partial charge in [-0.1, -0.05) is 0 Å². The van der Waals surface area contributed by atoms with Crippen molar-refractivity contribution in [3.05, 3.63) is 47.3 Å². The van der Waals surface area contributed by atoms with Crippen LogP contribution in [0.1, 0.15) is 21.6 Å². The second-order valence-corrected chi connectivity index (χ2v) is 5.10. The SMILES string of the molecule is Cc1ccc(C(=O)O)c(Sc2ccc(C(F)(F)F)cn2)n1. The van der Waals surface area contributed by atoms with Crippen molar-refractivity contribution in [1.82, 2.24) is 9.97 Å². The smallest absolute Gasteiger partial charge is 0.417 e. The molecule has 2 aromatic rings. The summed E-state index contributed by atoms with van der Waals surface area (Å²) in [7, 11) is 0. The van der Waals surface area contributed by atoms with Crippen molar-refractivity contribution in [2.75, 3.05) is 0 Å². The topological polar surface area (TPSA) is 63.1 Å². The number of nitrogens with zero attached hydrogens (tertiary/aromatic N) is 2. The van der Waals surface area contributed by atoms with Gasteiger partial charge in [-0.25, -0.2) is 14.8 Å². The Bertz CT molecular complexity index is 672. The third-order valence-electron chi connectivity index (χ3n) is 2.49. The van der Waals surface area contributed by atoms with Crippen molar-refractivity contribution in [1.29, 1.82) is 0 Å². The standard InChI is InChI=1S/C13H9F3N2O2S/c1-7-2-4-9(12(19)20)11(18-7)21-10-5-3-8(6-17-10)13(14,15)16/h2-6H,1H3,(H,19,20). The van der Waals surface area contributed by atoms with Crippen LogP contribution >= 0.6 is 11.8 Å². The Labute approximate surface area is 122 Å². The Balaban J connectivity index is 2.30. The molecule has 0 aliphatic carbocycles. The molecule has 0 saturated carbocycles. The minimum absolute atomic E-state index is 0.0210. The second kappa shape index (κ2) is 5.72. The maximum atomic E-state index is 12.4. The molecule has 8 heteroatoms. The quantitative estimate of drug-likeness (QED) is 0.937. The molecule has 0 spiro atoms. The summed E-state index contributed by atoms with van der Waals surface area (Å²) >= 11 is 0.906. The monoisotopic (exact) mass is 314 g/mol. The van der Waals surface area contributed by atoms with Crippen LogP contribution in [0.5, 0.6) is 0 Å². The number of carbonyl (C=O) groups is 1. The highest BCUT2D eigenvalue weighted by Gasteiger charge is 2.30. The van der Waals surface area contributed by atoms with Crippen molar-refractivity contribution < 1.29 is 23.1 Å². The second-order valence-electron chi connectivity index (χ2n) is 4.10. The number of aryl methyl sites for hydroxylation is 1. The van der Waals surface area contributed by atoms with Gasteiger partial charge in [0.15, 0.2) is 0 Å². The number of aromatic nitrogens is 2. The van der Waals surface area contributed by atoms with Gasteiger partial charge in [-0.05, 0) is 43.0 Å². The third-order valence-corrected chi connectivity index (χ3v) is 3.45. The lowest BCUT2D eigenvalue weighted by molar-refractivity contribution is -0.137. The number of rotatable bonds is 3. The van der Waals surface area contributed by atoms with E-state index in [1.807, 2.05) is 0 Å². The Kier molecular flexibility index (Phi) is 4.17. The van der Waals surface area contributed by atoms with E-state index < -0.39 is 17.7 Å². The molecule has 110 valence electrons. The number of carboxylic acid groups (broad SMARTS) is 1. The molecule has 0 fully saturated rings. The molecule has 1 N–H and O–H groups in total. The number of halogens is 3. The van der Waals surface area contributed by atoms with Gasteiger partial charge in [0.1, 0.15) is 10.1 Å². The molecule has 4 nitrogen and oxygen atoms in total. The van der Waals surface area contributed by atoms with E-state index in [0.29, 0.717) is 11.9 Å². The van der Waals surface area contributed by atoms with Crippen molar-refractivity contribution in [3.63, 3.8) is 0 Å². The molecule has 0 aliphatic heterocycles. The van der Waals surface area contributed by atoms with Crippen LogP contribution in [0.4, 0.5) is 13.2 Å². The zero-order valence-corrected chi connectivity index (χ0v) is 11.5. The lowest BCUT2D eigenvalue weighted by Gasteiger charge is -2.08. The van der Waals surface area contributed by atoms with E-state index in [1.54, 1.807) is 13.0 Å². The summed E-state index contributed by atoms with van der Waals surface area (Å²) in [5.74, 6) is -1.16. The fourth-order valence-corrected chi connectivity index (χ4v) is 2.38. The van der Waals surface area contributed by atoms with Gasteiger partial charge < -0.3 is 5.11 Å². The number of hydrogen-bond acceptors (Lipinski definition) is 4. The summed E-state index contributed by atoms with van der Waals surface area (Å²) < 4.78 is 37.3. The van der Waals surface area contributed by atoms with E-state index in [-0.39, 0.29) is 15.6 Å². The summed E-state index contributed by atoms with van der Waals surface area (Å²) in [5.41, 5.74) is -0.274. The average Bonchev–Trinajstić information content (AvgIpc) is 2.38. The molecule has 0 amide bonds. The van der Waals surface area contributed by atoms with Crippen LogP contribution in [-0.2, 0) is 6.18 Å². The van der Waals surface area contributed by atoms with E-state index in [0.717, 1.165) is 17.8 Å². The highest BCUT2D eigenvalue weighted by atomic mass is 32.2. The fourth-order valence-electron chi connectivity index (χ4n) is 1.48. The van der Waals surface area contributed by atoms with Gasteiger partial charge in [0.05, 0.1) is 11.1 Å². The van der Waals surface area contributed by atoms with E-state index in [9.17, 15) is 18.0 Å². The molecule has 2 heterocycles. The minimum atomic E-state index is -4.45. The molecule has 0 aromatic carbocycles. The molecule has 0 bridgehead atoms. The first-order chi connectivity index (χ1) is 9.77. The molecular weight excluding hydrogens is 305 g/mol. The summed E-state index contributed by atoms with van der Waals surface area (Å²) in [6, 6.07) is 5.03. The van der Waals surface area contributed by atoms with Gasteiger partial charge >= 0.3 is 12.1 Å². The highest BCUT2D eigenvalue weighted by Crippen LogP contribution is 2.32. The zero-order valence-electron chi connectivity index (χ0n) is 10.7. The van der Waals surface area contributed by atoms with Crippen molar-refractivity contribution in [2.45, 2.75) is 23.2 Å². The maximum Gasteiger partial charge on any atom is 0.417 e. The molecule has 2 aromatic heterocycles. The number of pyridine rings is 2. The van der Waals surface area contributed by atoms with Crippen LogP contribution in [-0.4, -0.2) is 21.0 Å². The van der Waals surface area contributed by atoms with Gasteiger partial charge in [-0.3, -0.25) is 0 Å². The average molecular weight is 314 g/mol. The lowest BCUT2D eigenvalue weighted by Crippen LogP contribution is -2.05. The Morgan fingerprint density at radius 1 is 1.24 bits per heavy atom. The normalized spacial score (nSPS) is 11.4. The molecular formula is C13H9F3N2O2S. The van der Waals surface area contributed by atoms with Crippen molar-refractivity contribution in [2.24, 2.45) is 0 Å². The van der Waals surface area contributed by atoms with Gasteiger partial charge in [0.25, 0.3) is 0 Å². The summed E-state index contributed by atoms with van der Waals surface area (Å²) in [4.78, 5) is 18.8. The molecule has 21 heavy (non-hydrogen) atoms. The fraction of sp³-hybridized carbons (Fsp3) is 0.154.